The van der Waals surface area contributed by atoms with Gasteiger partial charge in [-0.3, -0.25) is 19.3 Å². The van der Waals surface area contributed by atoms with Crippen molar-refractivity contribution in [1.82, 2.24) is 10.2 Å². The van der Waals surface area contributed by atoms with Crippen molar-refractivity contribution in [1.29, 1.82) is 0 Å². The van der Waals surface area contributed by atoms with Gasteiger partial charge in [0.15, 0.2) is 6.10 Å². The van der Waals surface area contributed by atoms with Gasteiger partial charge in [0.25, 0.3) is 11.1 Å². The summed E-state index contributed by atoms with van der Waals surface area (Å²) >= 11 is 0.936. The van der Waals surface area contributed by atoms with Gasteiger partial charge in [-0.15, -0.1) is 0 Å². The van der Waals surface area contributed by atoms with Gasteiger partial charge in [0.1, 0.15) is 5.75 Å². The van der Waals surface area contributed by atoms with E-state index in [1.165, 1.54) is 6.92 Å². The lowest BCUT2D eigenvalue weighted by atomic mass is 10.2. The molecule has 1 fully saturated rings. The number of rotatable bonds is 9. The van der Waals surface area contributed by atoms with E-state index in [2.05, 4.69) is 5.32 Å². The maximum Gasteiger partial charge on any atom is 0.338 e. The van der Waals surface area contributed by atoms with E-state index in [1.807, 2.05) is 6.92 Å². The molecule has 1 aliphatic heterocycles. The second-order valence-electron chi connectivity index (χ2n) is 5.81. The lowest BCUT2D eigenvalue weighted by Crippen LogP contribution is -2.41. The van der Waals surface area contributed by atoms with Crippen molar-refractivity contribution in [3.63, 3.8) is 0 Å². The predicted molar refractivity (Wildman–Crippen MR) is 99.7 cm³/mol. The Labute approximate surface area is 161 Å². The number of hydrogen-bond acceptors (Lipinski definition) is 7. The number of nitrogens with one attached hydrogen (secondary N) is 1. The van der Waals surface area contributed by atoms with Crippen LogP contribution in [0.15, 0.2) is 24.3 Å². The highest BCUT2D eigenvalue weighted by molar-refractivity contribution is 8.14. The largest absolute Gasteiger partial charge is 0.494 e. The van der Waals surface area contributed by atoms with Gasteiger partial charge in [-0.05, 0) is 37.6 Å². The fourth-order valence-corrected chi connectivity index (χ4v) is 2.97. The van der Waals surface area contributed by atoms with Crippen molar-refractivity contribution in [2.45, 2.75) is 26.4 Å². The van der Waals surface area contributed by atoms with Gasteiger partial charge in [-0.1, -0.05) is 18.7 Å². The molecular formula is C18H22N2O6S. The van der Waals surface area contributed by atoms with Crippen molar-refractivity contribution in [3.8, 4) is 5.75 Å². The van der Waals surface area contributed by atoms with Crippen LogP contribution in [0.3, 0.4) is 0 Å². The number of ether oxygens (including phenoxy) is 2. The van der Waals surface area contributed by atoms with E-state index in [0.717, 1.165) is 23.1 Å². The number of carbonyl (C=O) groups is 4. The van der Waals surface area contributed by atoms with Gasteiger partial charge in [-0.25, -0.2) is 4.79 Å². The van der Waals surface area contributed by atoms with Crippen molar-refractivity contribution in [2.24, 2.45) is 0 Å². The Morgan fingerprint density at radius 3 is 2.56 bits per heavy atom. The molecule has 1 aromatic rings. The van der Waals surface area contributed by atoms with Crippen LogP contribution in [0.1, 0.15) is 30.6 Å². The molecule has 146 valence electrons. The normalized spacial score (nSPS) is 14.8. The number of esters is 1. The first-order valence-corrected chi connectivity index (χ1v) is 9.59. The van der Waals surface area contributed by atoms with Crippen LogP contribution in [-0.4, -0.2) is 59.5 Å². The van der Waals surface area contributed by atoms with Crippen LogP contribution in [0, 0.1) is 0 Å². The van der Waals surface area contributed by atoms with Gasteiger partial charge >= 0.3 is 5.97 Å². The van der Waals surface area contributed by atoms with Crippen LogP contribution < -0.4 is 10.1 Å². The number of imide groups is 1. The number of nitrogens with zero attached hydrogens (tertiary/aromatic N) is 1. The van der Waals surface area contributed by atoms with Gasteiger partial charge < -0.3 is 14.8 Å². The minimum absolute atomic E-state index is 0.0935. The summed E-state index contributed by atoms with van der Waals surface area (Å²) in [6, 6.07) is 6.47. The van der Waals surface area contributed by atoms with Crippen LogP contribution in [0.2, 0.25) is 0 Å². The first kappa shape index (κ1) is 20.8. The third kappa shape index (κ3) is 5.99. The van der Waals surface area contributed by atoms with Gasteiger partial charge in [0.2, 0.25) is 5.91 Å². The topological polar surface area (TPSA) is 102 Å². The summed E-state index contributed by atoms with van der Waals surface area (Å²) in [5, 5.41) is 2.23. The number of benzene rings is 1. The predicted octanol–water partition coefficient (Wildman–Crippen LogP) is 1.83. The molecule has 1 N–H and O–H groups in total. The van der Waals surface area contributed by atoms with Crippen molar-refractivity contribution in [2.75, 3.05) is 25.4 Å². The molecule has 0 bridgehead atoms. The summed E-state index contributed by atoms with van der Waals surface area (Å²) in [6.07, 6.45) is -0.122. The Balaban J connectivity index is 1.76. The molecule has 8 nitrogen and oxygen atoms in total. The van der Waals surface area contributed by atoms with E-state index < -0.39 is 18.0 Å². The van der Waals surface area contributed by atoms with Crippen molar-refractivity contribution >= 4 is 34.8 Å². The molecule has 0 aromatic heterocycles. The van der Waals surface area contributed by atoms with Crippen molar-refractivity contribution in [3.05, 3.63) is 29.8 Å². The Kier molecular flexibility index (Phi) is 7.66. The number of thioether (sulfide) groups is 1. The molecule has 2 rings (SSSR count). The number of hydrogen-bond donors (Lipinski definition) is 1. The minimum Gasteiger partial charge on any atom is -0.494 e. The van der Waals surface area contributed by atoms with E-state index in [0.29, 0.717) is 17.9 Å². The zero-order valence-electron chi connectivity index (χ0n) is 15.2. The standard InChI is InChI=1S/C18H22N2O6S/c1-3-10-25-14-6-4-13(5-7-14)17(23)26-12(2)16(22)19-8-9-20-15(21)11-27-18(20)24/h4-7,12H,3,8-11H2,1-2H3,(H,19,22)/t12-/m0/s1. The van der Waals surface area contributed by atoms with Gasteiger partial charge in [0.05, 0.1) is 17.9 Å². The second kappa shape index (κ2) is 9.96. The Morgan fingerprint density at radius 2 is 1.96 bits per heavy atom. The molecule has 1 aromatic carbocycles. The lowest BCUT2D eigenvalue weighted by Gasteiger charge is -2.16. The van der Waals surface area contributed by atoms with Crippen LogP contribution in [-0.2, 0) is 14.3 Å². The number of carbonyl (C=O) groups excluding carboxylic acids is 4. The molecule has 1 heterocycles. The van der Waals surface area contributed by atoms with E-state index in [-0.39, 0.29) is 30.0 Å². The summed E-state index contributed by atoms with van der Waals surface area (Å²) in [7, 11) is 0. The lowest BCUT2D eigenvalue weighted by molar-refractivity contribution is -0.130. The molecule has 1 aliphatic rings. The summed E-state index contributed by atoms with van der Waals surface area (Å²) in [6.45, 7) is 4.23. The molecule has 0 unspecified atom stereocenters. The highest BCUT2D eigenvalue weighted by atomic mass is 32.2. The highest BCUT2D eigenvalue weighted by Gasteiger charge is 2.29. The molecule has 27 heavy (non-hydrogen) atoms. The molecule has 0 saturated carbocycles. The Hall–Kier alpha value is -2.55. The van der Waals surface area contributed by atoms with Gasteiger partial charge in [-0.2, -0.15) is 0 Å². The average Bonchev–Trinajstić information content (AvgIpc) is 2.98. The quantitative estimate of drug-likeness (QED) is 0.638. The first-order valence-electron chi connectivity index (χ1n) is 8.61. The second-order valence-corrected chi connectivity index (χ2v) is 6.74. The van der Waals surface area contributed by atoms with Crippen LogP contribution in [0.5, 0.6) is 5.75 Å². The monoisotopic (exact) mass is 394 g/mol. The minimum atomic E-state index is -1.01. The van der Waals surface area contributed by atoms with Crippen LogP contribution in [0.25, 0.3) is 0 Å². The fraction of sp³-hybridized carbons (Fsp3) is 0.444. The summed E-state index contributed by atoms with van der Waals surface area (Å²) in [4.78, 5) is 48.1. The highest BCUT2D eigenvalue weighted by Crippen LogP contribution is 2.17. The maximum atomic E-state index is 12.1. The van der Waals surface area contributed by atoms with E-state index in [4.69, 9.17) is 9.47 Å². The third-order valence-corrected chi connectivity index (χ3v) is 4.55. The fourth-order valence-electron chi connectivity index (χ4n) is 2.22. The molecular weight excluding hydrogens is 372 g/mol. The Morgan fingerprint density at radius 1 is 1.26 bits per heavy atom. The molecule has 0 aliphatic carbocycles. The van der Waals surface area contributed by atoms with E-state index in [1.54, 1.807) is 24.3 Å². The summed E-state index contributed by atoms with van der Waals surface area (Å²) in [5.74, 6) is -0.615. The Bertz CT molecular complexity index is 690. The van der Waals surface area contributed by atoms with E-state index >= 15 is 0 Å². The smallest absolute Gasteiger partial charge is 0.338 e. The molecule has 0 spiro atoms. The third-order valence-electron chi connectivity index (χ3n) is 3.69. The average molecular weight is 394 g/mol. The summed E-state index contributed by atoms with van der Waals surface area (Å²) < 4.78 is 10.6. The molecule has 0 radical (unpaired) electrons. The summed E-state index contributed by atoms with van der Waals surface area (Å²) in [5.41, 5.74) is 0.309. The number of amides is 3. The molecule has 1 saturated heterocycles. The van der Waals surface area contributed by atoms with E-state index in [9.17, 15) is 19.2 Å². The zero-order chi connectivity index (χ0) is 19.8. The van der Waals surface area contributed by atoms with Crippen LogP contribution in [0.4, 0.5) is 4.79 Å². The SMILES string of the molecule is CCCOc1ccc(C(=O)O[C@@H](C)C(=O)NCCN2C(=O)CSC2=O)cc1. The van der Waals surface area contributed by atoms with Crippen molar-refractivity contribution < 1.29 is 28.7 Å². The first-order chi connectivity index (χ1) is 12.9. The molecule has 9 heteroatoms. The maximum absolute atomic E-state index is 12.1. The zero-order valence-corrected chi connectivity index (χ0v) is 16.0. The molecule has 3 amide bonds. The van der Waals surface area contributed by atoms with Gasteiger partial charge in [0, 0.05) is 13.1 Å². The van der Waals surface area contributed by atoms with Crippen LogP contribution >= 0.6 is 11.8 Å². The molecule has 1 atom stereocenters.